The molecule has 2 aliphatic rings. The molecule has 2 aliphatic heterocycles. The number of anilines is 1. The van der Waals surface area contributed by atoms with Crippen LogP contribution < -0.4 is 9.64 Å². The Morgan fingerprint density at radius 1 is 1.29 bits per heavy atom. The van der Waals surface area contributed by atoms with Gasteiger partial charge < -0.3 is 9.64 Å². The van der Waals surface area contributed by atoms with E-state index in [1.807, 2.05) is 0 Å². The Hall–Kier alpha value is -1.51. The minimum absolute atomic E-state index is 0.0367. The third-order valence-electron chi connectivity index (χ3n) is 5.83. The maximum absolute atomic E-state index is 11.5. The third-order valence-corrected chi connectivity index (χ3v) is 5.83. The average Bonchev–Trinajstić information content (AvgIpc) is 2.43. The quantitative estimate of drug-likeness (QED) is 0.779. The standard InChI is InChI=1S/C18H25NO2/c1-17(2)11-19-8-6-7-13-15(19)14(18(17,3)4)9-12(10-20)16(13)21-5/h9-10H,6-8,11H2,1-5H3. The molecule has 0 N–H and O–H groups in total. The SMILES string of the molecule is COc1c(C=O)cc2c3c1CCCN3CC(C)(C)C2(C)C. The van der Waals surface area contributed by atoms with Crippen molar-refractivity contribution in [2.75, 3.05) is 25.1 Å². The number of benzene rings is 1. The van der Waals surface area contributed by atoms with Crippen molar-refractivity contribution in [2.45, 2.75) is 46.0 Å². The highest BCUT2D eigenvalue weighted by molar-refractivity contribution is 5.85. The highest BCUT2D eigenvalue weighted by Gasteiger charge is 2.47. The predicted molar refractivity (Wildman–Crippen MR) is 85.7 cm³/mol. The van der Waals surface area contributed by atoms with Crippen molar-refractivity contribution in [3.05, 3.63) is 22.8 Å². The lowest BCUT2D eigenvalue weighted by atomic mass is 9.60. The Balaban J connectivity index is 2.35. The smallest absolute Gasteiger partial charge is 0.153 e. The summed E-state index contributed by atoms with van der Waals surface area (Å²) in [6.07, 6.45) is 3.06. The van der Waals surface area contributed by atoms with Crippen LogP contribution in [0.4, 0.5) is 5.69 Å². The Bertz CT molecular complexity index is 602. The number of ether oxygens (including phenoxy) is 1. The fourth-order valence-electron chi connectivity index (χ4n) is 3.89. The molecule has 3 heteroatoms. The Kier molecular flexibility index (Phi) is 3.09. The number of carbonyl (C=O) groups is 1. The molecule has 0 aromatic heterocycles. The van der Waals surface area contributed by atoms with E-state index in [-0.39, 0.29) is 10.8 Å². The molecule has 1 aromatic carbocycles. The van der Waals surface area contributed by atoms with Gasteiger partial charge in [0.2, 0.25) is 0 Å². The maximum atomic E-state index is 11.5. The van der Waals surface area contributed by atoms with Gasteiger partial charge in [-0.2, -0.15) is 0 Å². The zero-order chi connectivity index (χ0) is 15.4. The average molecular weight is 287 g/mol. The van der Waals surface area contributed by atoms with E-state index in [1.54, 1.807) is 7.11 Å². The van der Waals surface area contributed by atoms with Crippen LogP contribution in [-0.4, -0.2) is 26.5 Å². The van der Waals surface area contributed by atoms with E-state index in [0.717, 1.165) is 38.0 Å². The summed E-state index contributed by atoms with van der Waals surface area (Å²) >= 11 is 0. The molecule has 0 radical (unpaired) electrons. The van der Waals surface area contributed by atoms with Gasteiger partial charge in [-0.25, -0.2) is 0 Å². The molecule has 0 saturated carbocycles. The zero-order valence-electron chi connectivity index (χ0n) is 13.7. The summed E-state index contributed by atoms with van der Waals surface area (Å²) in [6.45, 7) is 11.4. The van der Waals surface area contributed by atoms with Gasteiger partial charge in [-0.05, 0) is 35.3 Å². The van der Waals surface area contributed by atoms with Crippen LogP contribution in [0.2, 0.25) is 0 Å². The summed E-state index contributed by atoms with van der Waals surface area (Å²) in [5.74, 6) is 0.781. The van der Waals surface area contributed by atoms with Crippen LogP contribution in [-0.2, 0) is 11.8 Å². The van der Waals surface area contributed by atoms with Crippen molar-refractivity contribution in [3.8, 4) is 5.75 Å². The molecule has 3 rings (SSSR count). The molecule has 2 heterocycles. The van der Waals surface area contributed by atoms with E-state index < -0.39 is 0 Å². The van der Waals surface area contributed by atoms with Gasteiger partial charge >= 0.3 is 0 Å². The molecule has 0 amide bonds. The zero-order valence-corrected chi connectivity index (χ0v) is 13.7. The number of hydrogen-bond acceptors (Lipinski definition) is 3. The number of carbonyl (C=O) groups excluding carboxylic acids is 1. The highest BCUT2D eigenvalue weighted by Crippen LogP contribution is 2.54. The van der Waals surface area contributed by atoms with Gasteiger partial charge in [0, 0.05) is 24.3 Å². The first-order valence-electron chi connectivity index (χ1n) is 7.78. The summed E-state index contributed by atoms with van der Waals surface area (Å²) in [4.78, 5) is 14.0. The summed E-state index contributed by atoms with van der Waals surface area (Å²) in [5, 5.41) is 0. The van der Waals surface area contributed by atoms with E-state index in [9.17, 15) is 4.79 Å². The van der Waals surface area contributed by atoms with Gasteiger partial charge in [-0.3, -0.25) is 4.79 Å². The topological polar surface area (TPSA) is 29.5 Å². The van der Waals surface area contributed by atoms with Crippen molar-refractivity contribution in [2.24, 2.45) is 5.41 Å². The lowest BCUT2D eigenvalue weighted by Crippen LogP contribution is -2.52. The van der Waals surface area contributed by atoms with E-state index in [0.29, 0.717) is 5.56 Å². The van der Waals surface area contributed by atoms with Gasteiger partial charge in [0.15, 0.2) is 6.29 Å². The fraction of sp³-hybridized carbons (Fsp3) is 0.611. The van der Waals surface area contributed by atoms with E-state index in [1.165, 1.54) is 16.8 Å². The monoisotopic (exact) mass is 287 g/mol. The Morgan fingerprint density at radius 3 is 2.62 bits per heavy atom. The van der Waals surface area contributed by atoms with Crippen LogP contribution in [0, 0.1) is 5.41 Å². The summed E-state index contributed by atoms with van der Waals surface area (Å²) < 4.78 is 5.57. The van der Waals surface area contributed by atoms with Gasteiger partial charge in [0.1, 0.15) is 5.75 Å². The second-order valence-corrected chi connectivity index (χ2v) is 7.53. The third kappa shape index (κ3) is 1.82. The second kappa shape index (κ2) is 4.49. The molecule has 114 valence electrons. The molecule has 0 fully saturated rings. The van der Waals surface area contributed by atoms with Crippen molar-refractivity contribution in [3.63, 3.8) is 0 Å². The van der Waals surface area contributed by atoms with Crippen molar-refractivity contribution in [1.29, 1.82) is 0 Å². The number of nitrogens with zero attached hydrogens (tertiary/aromatic N) is 1. The van der Waals surface area contributed by atoms with E-state index in [2.05, 4.69) is 38.7 Å². The summed E-state index contributed by atoms with van der Waals surface area (Å²) in [7, 11) is 1.67. The van der Waals surface area contributed by atoms with Gasteiger partial charge in [0.05, 0.1) is 12.7 Å². The first kappa shape index (κ1) is 14.4. The first-order chi connectivity index (χ1) is 9.83. The van der Waals surface area contributed by atoms with Crippen LogP contribution in [0.1, 0.15) is 55.6 Å². The minimum atomic E-state index is 0.0367. The lowest BCUT2D eigenvalue weighted by molar-refractivity contribution is 0.111. The fourth-order valence-corrected chi connectivity index (χ4v) is 3.89. The van der Waals surface area contributed by atoms with Crippen LogP contribution >= 0.6 is 0 Å². The predicted octanol–water partition coefficient (Wildman–Crippen LogP) is 3.58. The van der Waals surface area contributed by atoms with Crippen LogP contribution in [0.5, 0.6) is 5.75 Å². The van der Waals surface area contributed by atoms with Gasteiger partial charge in [0.25, 0.3) is 0 Å². The van der Waals surface area contributed by atoms with Crippen molar-refractivity contribution in [1.82, 2.24) is 0 Å². The molecular formula is C18H25NO2. The van der Waals surface area contributed by atoms with Crippen LogP contribution in [0.15, 0.2) is 6.07 Å². The number of rotatable bonds is 2. The summed E-state index contributed by atoms with van der Waals surface area (Å²) in [5.41, 5.74) is 4.76. The molecule has 0 spiro atoms. The molecule has 3 nitrogen and oxygen atoms in total. The number of methoxy groups -OCH3 is 1. The molecular weight excluding hydrogens is 262 g/mol. The van der Waals surface area contributed by atoms with E-state index >= 15 is 0 Å². The molecule has 0 unspecified atom stereocenters. The molecule has 0 aliphatic carbocycles. The number of hydrogen-bond donors (Lipinski definition) is 0. The van der Waals surface area contributed by atoms with Crippen LogP contribution in [0.25, 0.3) is 0 Å². The van der Waals surface area contributed by atoms with Gasteiger partial charge in [-0.15, -0.1) is 0 Å². The Labute approximate surface area is 127 Å². The van der Waals surface area contributed by atoms with E-state index in [4.69, 9.17) is 4.74 Å². The molecule has 21 heavy (non-hydrogen) atoms. The van der Waals surface area contributed by atoms with Crippen LogP contribution in [0.3, 0.4) is 0 Å². The normalized spacial score (nSPS) is 21.7. The molecule has 1 aromatic rings. The first-order valence-corrected chi connectivity index (χ1v) is 7.78. The van der Waals surface area contributed by atoms with Crippen molar-refractivity contribution >= 4 is 12.0 Å². The lowest BCUT2D eigenvalue weighted by Gasteiger charge is -2.53. The number of aldehydes is 1. The largest absolute Gasteiger partial charge is 0.496 e. The molecule has 0 saturated heterocycles. The minimum Gasteiger partial charge on any atom is -0.496 e. The Morgan fingerprint density at radius 2 is 2.00 bits per heavy atom. The molecule has 0 bridgehead atoms. The molecule has 0 atom stereocenters. The maximum Gasteiger partial charge on any atom is 0.153 e. The summed E-state index contributed by atoms with van der Waals surface area (Å²) in [6, 6.07) is 2.06. The van der Waals surface area contributed by atoms with Crippen molar-refractivity contribution < 1.29 is 9.53 Å². The second-order valence-electron chi connectivity index (χ2n) is 7.53. The van der Waals surface area contributed by atoms with Gasteiger partial charge in [-0.1, -0.05) is 27.7 Å². The highest BCUT2D eigenvalue weighted by atomic mass is 16.5.